The van der Waals surface area contributed by atoms with Gasteiger partial charge in [0.05, 0.1) is 0 Å². The van der Waals surface area contributed by atoms with Crippen molar-refractivity contribution in [2.45, 2.75) is 147 Å². The average Bonchev–Trinajstić information content (AvgIpc) is 3.68. The summed E-state index contributed by atoms with van der Waals surface area (Å²) in [6, 6.07) is 0. The highest BCUT2D eigenvalue weighted by Crippen LogP contribution is 2.73. The van der Waals surface area contributed by atoms with E-state index < -0.39 is 0 Å². The van der Waals surface area contributed by atoms with Crippen LogP contribution in [0.2, 0.25) is 0 Å². The fraction of sp³-hybridized carbons (Fsp3) is 0.792. The lowest BCUT2D eigenvalue weighted by atomic mass is 9.55. The first-order valence-corrected chi connectivity index (χ1v) is 20.8. The third-order valence-electron chi connectivity index (χ3n) is 17.4. The van der Waals surface area contributed by atoms with Gasteiger partial charge in [-0.25, -0.2) is 0 Å². The number of hydrogen-bond acceptors (Lipinski definition) is 0. The molecule has 8 aliphatic rings. The molecule has 0 saturated heterocycles. The van der Waals surface area contributed by atoms with Crippen molar-refractivity contribution in [3.8, 4) is 0 Å². The van der Waals surface area contributed by atoms with Gasteiger partial charge in [-0.2, -0.15) is 0 Å². The minimum absolute atomic E-state index is 0.278. The second kappa shape index (κ2) is 10.6. The molecule has 0 aromatic heterocycles. The summed E-state index contributed by atoms with van der Waals surface area (Å²) in [5.41, 5.74) is 8.86. The van der Waals surface area contributed by atoms with Crippen molar-refractivity contribution in [3.05, 3.63) is 58.7 Å². The van der Waals surface area contributed by atoms with Crippen LogP contribution in [-0.4, -0.2) is 0 Å². The predicted molar refractivity (Wildman–Crippen MR) is 205 cm³/mol. The largest absolute Gasteiger partial charge is 0.0885 e. The van der Waals surface area contributed by atoms with Crippen LogP contribution in [-0.2, 0) is 0 Å². The van der Waals surface area contributed by atoms with Crippen molar-refractivity contribution in [1.82, 2.24) is 0 Å². The molecule has 0 radical (unpaired) electrons. The number of allylic oxidation sites excluding steroid dienone is 10. The summed E-state index contributed by atoms with van der Waals surface area (Å²) >= 11 is 0. The Kier molecular flexibility index (Phi) is 7.49. The van der Waals surface area contributed by atoms with Gasteiger partial charge in [-0.3, -0.25) is 0 Å². The van der Waals surface area contributed by atoms with Crippen LogP contribution in [0.25, 0.3) is 0 Å². The molecule has 10 atom stereocenters. The van der Waals surface area contributed by atoms with Crippen molar-refractivity contribution in [1.29, 1.82) is 0 Å². The molecule has 0 aromatic rings. The van der Waals surface area contributed by atoms with Gasteiger partial charge in [-0.05, 0) is 178 Å². The van der Waals surface area contributed by atoms with Gasteiger partial charge >= 0.3 is 0 Å². The van der Waals surface area contributed by atoms with Gasteiger partial charge in [0, 0.05) is 0 Å². The Morgan fingerprint density at radius 2 is 1.02 bits per heavy atom. The van der Waals surface area contributed by atoms with Crippen LogP contribution in [0.15, 0.2) is 58.7 Å². The number of hydrogen-bond donors (Lipinski definition) is 0. The molecule has 9 unspecified atom stereocenters. The first-order valence-electron chi connectivity index (χ1n) is 20.8. The fourth-order valence-corrected chi connectivity index (χ4v) is 14.2. The molecule has 0 N–H and O–H groups in total. The molecule has 8 aliphatic carbocycles. The molecule has 0 aromatic carbocycles. The Morgan fingerprint density at radius 1 is 0.562 bits per heavy atom. The Morgan fingerprint density at radius 3 is 1.44 bits per heavy atom. The van der Waals surface area contributed by atoms with Crippen molar-refractivity contribution < 1.29 is 0 Å². The van der Waals surface area contributed by atoms with E-state index in [1.54, 1.807) is 22.3 Å². The van der Waals surface area contributed by atoms with E-state index in [9.17, 15) is 0 Å². The molecule has 0 heterocycles. The second-order valence-electron chi connectivity index (χ2n) is 22.9. The van der Waals surface area contributed by atoms with Crippen molar-refractivity contribution in [2.75, 3.05) is 0 Å². The highest BCUT2D eigenvalue weighted by molar-refractivity contribution is 5.51. The average molecular weight is 649 g/mol. The van der Waals surface area contributed by atoms with Crippen LogP contribution in [0.1, 0.15) is 147 Å². The van der Waals surface area contributed by atoms with Crippen LogP contribution in [0.5, 0.6) is 0 Å². The molecule has 0 amide bonds. The topological polar surface area (TPSA) is 0 Å². The SMILES string of the molecule is CC1(C)CCC(C)(C)C2=CC3C(C=C21)C1C=C2C(=CC1C3C1(C)C[C@H](C3CC=CCC3)C3CC(C(C)(C)C)CC31)C(C)(C)CCC2(C)C. The highest BCUT2D eigenvalue weighted by atomic mass is 14.7. The summed E-state index contributed by atoms with van der Waals surface area (Å²) in [6.07, 6.45) is 30.7. The molecule has 0 bridgehead atoms. The zero-order valence-corrected chi connectivity index (χ0v) is 33.3. The maximum absolute atomic E-state index is 2.98. The molecular formula is C48H72. The van der Waals surface area contributed by atoms with Gasteiger partial charge in [0.1, 0.15) is 0 Å². The number of rotatable bonds is 2. The lowest BCUT2D eigenvalue weighted by molar-refractivity contribution is 0.0593. The van der Waals surface area contributed by atoms with E-state index in [4.69, 9.17) is 0 Å². The molecule has 264 valence electrons. The van der Waals surface area contributed by atoms with Gasteiger partial charge in [0.15, 0.2) is 0 Å². The van der Waals surface area contributed by atoms with E-state index >= 15 is 0 Å². The summed E-state index contributed by atoms with van der Waals surface area (Å²) in [6.45, 7) is 31.1. The van der Waals surface area contributed by atoms with Crippen molar-refractivity contribution in [3.63, 3.8) is 0 Å². The summed E-state index contributed by atoms with van der Waals surface area (Å²) in [5.74, 6) is 7.83. The molecular weight excluding hydrogens is 577 g/mol. The molecule has 48 heavy (non-hydrogen) atoms. The van der Waals surface area contributed by atoms with Crippen LogP contribution in [0.3, 0.4) is 0 Å². The third-order valence-corrected chi connectivity index (χ3v) is 17.4. The van der Waals surface area contributed by atoms with E-state index in [1.807, 2.05) is 0 Å². The summed E-state index contributed by atoms with van der Waals surface area (Å²) in [4.78, 5) is 0. The van der Waals surface area contributed by atoms with E-state index in [0.717, 1.165) is 35.5 Å². The monoisotopic (exact) mass is 649 g/mol. The van der Waals surface area contributed by atoms with E-state index in [2.05, 4.69) is 120 Å². The second-order valence-corrected chi connectivity index (χ2v) is 22.9. The van der Waals surface area contributed by atoms with Crippen LogP contribution >= 0.6 is 0 Å². The number of fused-ring (bicyclic) bond motifs is 6. The lowest BCUT2D eigenvalue weighted by Crippen LogP contribution is -2.41. The zero-order chi connectivity index (χ0) is 34.4. The van der Waals surface area contributed by atoms with Gasteiger partial charge < -0.3 is 0 Å². The Hall–Kier alpha value is -1.30. The summed E-state index contributed by atoms with van der Waals surface area (Å²) in [5, 5.41) is 0. The lowest BCUT2D eigenvalue weighted by Gasteiger charge is -2.49. The third kappa shape index (κ3) is 4.92. The van der Waals surface area contributed by atoms with Crippen LogP contribution in [0.4, 0.5) is 0 Å². The smallest absolute Gasteiger partial charge is 0.00921 e. The van der Waals surface area contributed by atoms with Crippen LogP contribution in [0, 0.1) is 91.7 Å². The first kappa shape index (κ1) is 33.8. The first-order chi connectivity index (χ1) is 22.2. The van der Waals surface area contributed by atoms with Gasteiger partial charge in [-0.1, -0.05) is 120 Å². The Bertz CT molecular complexity index is 1410. The molecule has 5 saturated carbocycles. The van der Waals surface area contributed by atoms with Crippen molar-refractivity contribution >= 4 is 0 Å². The van der Waals surface area contributed by atoms with E-state index in [0.29, 0.717) is 34.5 Å². The van der Waals surface area contributed by atoms with Crippen molar-refractivity contribution in [2.24, 2.45) is 91.7 Å². The Labute approximate surface area is 296 Å². The maximum atomic E-state index is 2.98. The molecule has 0 spiro atoms. The van der Waals surface area contributed by atoms with E-state index in [-0.39, 0.29) is 21.7 Å². The van der Waals surface area contributed by atoms with Gasteiger partial charge in [-0.15, -0.1) is 0 Å². The van der Waals surface area contributed by atoms with Gasteiger partial charge in [0.2, 0.25) is 0 Å². The molecule has 0 aliphatic heterocycles. The standard InChI is InChI=1S/C48H72/c1-43(2,3)30-22-33-36(29-16-14-13-15-17-29)28-48(12,37(33)23-30)42-34-26-40-38(44(4,5)18-20-46(40,8)9)24-31(34)32-25-39-41(27-35(32)42)47(10,11)21-19-45(39,6)7/h13-14,24-27,29-37,42H,15-23,28H2,1-12H3/t29?,30?,31?,32?,33?,34?,35?,36-,37?,42?,48?/m1/s1. The molecule has 8 rings (SSSR count). The summed E-state index contributed by atoms with van der Waals surface area (Å²) in [7, 11) is 0. The van der Waals surface area contributed by atoms with E-state index in [1.165, 1.54) is 64.2 Å². The Balaban J connectivity index is 1.30. The molecule has 0 heteroatoms. The fourth-order valence-electron chi connectivity index (χ4n) is 14.2. The normalized spacial score (nSPS) is 46.2. The predicted octanol–water partition coefficient (Wildman–Crippen LogP) is 13.6. The maximum Gasteiger partial charge on any atom is -0.00921 e. The zero-order valence-electron chi connectivity index (χ0n) is 33.3. The molecule has 5 fully saturated rings. The summed E-state index contributed by atoms with van der Waals surface area (Å²) < 4.78 is 0. The quantitative estimate of drug-likeness (QED) is 0.261. The highest BCUT2D eigenvalue weighted by Gasteiger charge is 2.66. The minimum Gasteiger partial charge on any atom is -0.0885 e. The minimum atomic E-state index is 0.278. The van der Waals surface area contributed by atoms with Crippen LogP contribution < -0.4 is 0 Å². The van der Waals surface area contributed by atoms with Gasteiger partial charge in [0.25, 0.3) is 0 Å². The molecule has 0 nitrogen and oxygen atoms in total.